The minimum Gasteiger partial charge on any atom is -0.481 e. The van der Waals surface area contributed by atoms with Gasteiger partial charge in [-0.15, -0.1) is 11.3 Å². The molecule has 0 bridgehead atoms. The van der Waals surface area contributed by atoms with Crippen LogP contribution in [0, 0.1) is 5.13 Å². The molecular weight excluding hydrogens is 191 g/mol. The molecule has 4 heteroatoms. The van der Waals surface area contributed by atoms with Gasteiger partial charge in [0.25, 0.3) is 0 Å². The maximum atomic E-state index is 13.2. The van der Waals surface area contributed by atoms with E-state index in [1.807, 2.05) is 0 Å². The number of hydrogen-bond acceptors (Lipinski definition) is 2. The van der Waals surface area contributed by atoms with E-state index in [0.717, 1.165) is 17.8 Å². The van der Waals surface area contributed by atoms with Crippen molar-refractivity contribution in [2.75, 3.05) is 0 Å². The van der Waals surface area contributed by atoms with Crippen molar-refractivity contribution < 1.29 is 14.3 Å². The molecule has 13 heavy (non-hydrogen) atoms. The van der Waals surface area contributed by atoms with Crippen LogP contribution in [0.25, 0.3) is 0 Å². The molecule has 0 radical (unpaired) electrons. The molecule has 1 aromatic rings. The first kappa shape index (κ1) is 8.69. The average Bonchev–Trinajstić information content (AvgIpc) is 2.34. The monoisotopic (exact) mass is 200 g/mol. The molecule has 0 spiro atoms. The fraction of sp³-hybridized carbons (Fsp3) is 0.444. The number of halogens is 1. The van der Waals surface area contributed by atoms with Crippen LogP contribution in [-0.4, -0.2) is 11.1 Å². The van der Waals surface area contributed by atoms with E-state index in [1.165, 1.54) is 0 Å². The third kappa shape index (κ3) is 1.09. The molecule has 1 aliphatic carbocycles. The lowest BCUT2D eigenvalue weighted by atomic mass is 9.65. The molecular formula is C9H9FO2S. The van der Waals surface area contributed by atoms with Crippen LogP contribution in [0.3, 0.4) is 0 Å². The van der Waals surface area contributed by atoms with Gasteiger partial charge in [-0.3, -0.25) is 4.79 Å². The van der Waals surface area contributed by atoms with Crippen LogP contribution >= 0.6 is 11.3 Å². The lowest BCUT2D eigenvalue weighted by molar-refractivity contribution is -0.147. The summed E-state index contributed by atoms with van der Waals surface area (Å²) >= 11 is 0.968. The van der Waals surface area contributed by atoms with E-state index in [9.17, 15) is 9.18 Å². The number of aliphatic carboxylic acids is 1. The zero-order chi connectivity index (χ0) is 9.47. The fourth-order valence-electron chi connectivity index (χ4n) is 1.77. The topological polar surface area (TPSA) is 37.3 Å². The van der Waals surface area contributed by atoms with Gasteiger partial charge in [-0.1, -0.05) is 6.42 Å². The summed E-state index contributed by atoms with van der Waals surface area (Å²) in [5.41, 5.74) is -0.541. The summed E-state index contributed by atoms with van der Waals surface area (Å²) in [5, 5.41) is 10.3. The summed E-state index contributed by atoms with van der Waals surface area (Å²) in [6.07, 6.45) is 2.01. The van der Waals surface area contributed by atoms with Crippen molar-refractivity contribution in [3.05, 3.63) is 22.1 Å². The first-order valence-corrected chi connectivity index (χ1v) is 5.02. The van der Waals surface area contributed by atoms with Gasteiger partial charge in [-0.25, -0.2) is 0 Å². The van der Waals surface area contributed by atoms with E-state index in [-0.39, 0.29) is 5.13 Å². The quantitative estimate of drug-likeness (QED) is 0.795. The number of carboxylic acid groups (broad SMARTS) is 1. The molecule has 2 nitrogen and oxygen atoms in total. The normalized spacial score (nSPS) is 19.5. The third-order valence-electron chi connectivity index (χ3n) is 2.75. The van der Waals surface area contributed by atoms with E-state index in [1.54, 1.807) is 11.4 Å². The van der Waals surface area contributed by atoms with E-state index in [4.69, 9.17) is 5.11 Å². The highest BCUT2D eigenvalue weighted by atomic mass is 32.1. The van der Waals surface area contributed by atoms with Crippen molar-refractivity contribution in [1.82, 2.24) is 0 Å². The highest BCUT2D eigenvalue weighted by molar-refractivity contribution is 7.08. The Bertz CT molecular complexity index is 341. The number of carbonyl (C=O) groups is 1. The Labute approximate surface area is 79.0 Å². The molecule has 0 aromatic carbocycles. The molecule has 0 aliphatic heterocycles. The number of thiophene rings is 1. The smallest absolute Gasteiger partial charge is 0.314 e. The van der Waals surface area contributed by atoms with Crippen molar-refractivity contribution in [3.8, 4) is 0 Å². The van der Waals surface area contributed by atoms with Crippen molar-refractivity contribution in [2.24, 2.45) is 0 Å². The summed E-state index contributed by atoms with van der Waals surface area (Å²) in [4.78, 5) is 11.0. The van der Waals surface area contributed by atoms with Gasteiger partial charge >= 0.3 is 5.97 Å². The second-order valence-electron chi connectivity index (χ2n) is 3.35. The molecule has 1 saturated carbocycles. The predicted molar refractivity (Wildman–Crippen MR) is 47.4 cm³/mol. The summed E-state index contributed by atoms with van der Waals surface area (Å²) in [6.45, 7) is 0. The zero-order valence-electron chi connectivity index (χ0n) is 6.92. The van der Waals surface area contributed by atoms with Crippen LogP contribution in [0.4, 0.5) is 4.39 Å². The summed E-state index contributed by atoms with van der Waals surface area (Å²) < 4.78 is 13.2. The number of hydrogen-bond donors (Lipinski definition) is 1. The van der Waals surface area contributed by atoms with E-state index in [0.29, 0.717) is 18.4 Å². The van der Waals surface area contributed by atoms with Gasteiger partial charge in [0.15, 0.2) is 5.13 Å². The summed E-state index contributed by atoms with van der Waals surface area (Å²) in [5.74, 6) is -0.893. The van der Waals surface area contributed by atoms with Crippen LogP contribution in [0.2, 0.25) is 0 Å². The largest absolute Gasteiger partial charge is 0.481 e. The highest BCUT2D eigenvalue weighted by Crippen LogP contribution is 2.45. The molecule has 1 fully saturated rings. The number of rotatable bonds is 2. The lowest BCUT2D eigenvalue weighted by Gasteiger charge is -2.37. The fourth-order valence-corrected chi connectivity index (χ4v) is 2.48. The first-order valence-electron chi connectivity index (χ1n) is 4.14. The van der Waals surface area contributed by atoms with Gasteiger partial charge in [0.2, 0.25) is 0 Å². The highest BCUT2D eigenvalue weighted by Gasteiger charge is 2.47. The maximum Gasteiger partial charge on any atom is 0.314 e. The van der Waals surface area contributed by atoms with E-state index >= 15 is 0 Å². The molecule has 0 saturated heterocycles. The summed E-state index contributed by atoms with van der Waals surface area (Å²) in [7, 11) is 0. The average molecular weight is 200 g/mol. The zero-order valence-corrected chi connectivity index (χ0v) is 7.73. The number of carboxylic acids is 1. The van der Waals surface area contributed by atoms with E-state index < -0.39 is 11.4 Å². The SMILES string of the molecule is O=C(O)C1(c2ccsc2F)CCC1. The van der Waals surface area contributed by atoms with Crippen LogP contribution in [0.15, 0.2) is 11.4 Å². The van der Waals surface area contributed by atoms with E-state index in [2.05, 4.69) is 0 Å². The maximum absolute atomic E-state index is 13.2. The third-order valence-corrected chi connectivity index (χ3v) is 3.45. The Morgan fingerprint density at radius 3 is 2.62 bits per heavy atom. The van der Waals surface area contributed by atoms with Crippen molar-refractivity contribution in [2.45, 2.75) is 24.7 Å². The Kier molecular flexibility index (Phi) is 1.87. The van der Waals surface area contributed by atoms with Gasteiger partial charge in [-0.2, -0.15) is 4.39 Å². The molecule has 2 rings (SSSR count). The molecule has 1 heterocycles. The molecule has 1 aromatic heterocycles. The second-order valence-corrected chi connectivity index (χ2v) is 4.22. The molecule has 0 atom stereocenters. The molecule has 1 N–H and O–H groups in total. The Balaban J connectivity index is 2.43. The van der Waals surface area contributed by atoms with Crippen LogP contribution in [0.5, 0.6) is 0 Å². The van der Waals surface area contributed by atoms with Crippen molar-refractivity contribution in [3.63, 3.8) is 0 Å². The molecule has 0 unspecified atom stereocenters. The van der Waals surface area contributed by atoms with Crippen molar-refractivity contribution in [1.29, 1.82) is 0 Å². The standard InChI is InChI=1S/C9H9FO2S/c10-7-6(2-5-13-7)9(8(11)12)3-1-4-9/h2,5H,1,3-4H2,(H,11,12). The van der Waals surface area contributed by atoms with Crippen LogP contribution in [0.1, 0.15) is 24.8 Å². The van der Waals surface area contributed by atoms with Crippen LogP contribution < -0.4 is 0 Å². The van der Waals surface area contributed by atoms with Gasteiger partial charge in [-0.05, 0) is 24.3 Å². The van der Waals surface area contributed by atoms with Crippen LogP contribution in [-0.2, 0) is 10.2 Å². The first-order chi connectivity index (χ1) is 6.17. The second kappa shape index (κ2) is 2.80. The molecule has 0 amide bonds. The minimum atomic E-state index is -0.913. The Hall–Kier alpha value is -0.900. The Morgan fingerprint density at radius 1 is 1.62 bits per heavy atom. The summed E-state index contributed by atoms with van der Waals surface area (Å²) in [6, 6.07) is 1.59. The lowest BCUT2D eigenvalue weighted by Crippen LogP contribution is -2.42. The minimum absolute atomic E-state index is 0.345. The predicted octanol–water partition coefficient (Wildman–Crippen LogP) is 2.39. The van der Waals surface area contributed by atoms with Gasteiger partial charge in [0.05, 0.1) is 5.41 Å². The Morgan fingerprint density at radius 2 is 2.31 bits per heavy atom. The van der Waals surface area contributed by atoms with Gasteiger partial charge in [0, 0.05) is 5.56 Å². The van der Waals surface area contributed by atoms with Gasteiger partial charge < -0.3 is 5.11 Å². The van der Waals surface area contributed by atoms with Gasteiger partial charge in [0.1, 0.15) is 0 Å². The molecule has 70 valence electrons. The molecule has 1 aliphatic rings. The van der Waals surface area contributed by atoms with Crippen molar-refractivity contribution >= 4 is 17.3 Å².